The second-order valence-electron chi connectivity index (χ2n) is 7.45. The Balaban J connectivity index is 1.47. The van der Waals surface area contributed by atoms with Gasteiger partial charge >= 0.3 is 0 Å². The Hall–Kier alpha value is -3.91. The van der Waals surface area contributed by atoms with E-state index in [1.165, 1.54) is 12.1 Å². The Kier molecular flexibility index (Phi) is 6.55. The van der Waals surface area contributed by atoms with Crippen molar-refractivity contribution in [3.8, 4) is 5.69 Å². The predicted molar refractivity (Wildman–Crippen MR) is 128 cm³/mol. The first-order chi connectivity index (χ1) is 15.9. The molecule has 1 amide bonds. The van der Waals surface area contributed by atoms with Crippen molar-refractivity contribution >= 4 is 21.6 Å². The van der Waals surface area contributed by atoms with Crippen molar-refractivity contribution in [2.45, 2.75) is 18.4 Å². The van der Waals surface area contributed by atoms with Crippen LogP contribution in [0.2, 0.25) is 0 Å². The number of carbonyl (C=O) groups is 1. The van der Waals surface area contributed by atoms with Crippen molar-refractivity contribution in [2.75, 3.05) is 10.8 Å². The number of rotatable bonds is 8. The lowest BCUT2D eigenvalue weighted by atomic mass is 10.2. The number of aromatic nitrogens is 2. The molecule has 1 aromatic heterocycles. The number of carbonyl (C=O) groups excluding carboxylic acids is 1. The minimum atomic E-state index is -3.90. The lowest BCUT2D eigenvalue weighted by molar-refractivity contribution is -0.119. The summed E-state index contributed by atoms with van der Waals surface area (Å²) in [6, 6.07) is 24.5. The van der Waals surface area contributed by atoms with Crippen LogP contribution in [0.15, 0.2) is 102 Å². The molecule has 0 aliphatic heterocycles. The van der Waals surface area contributed by atoms with Gasteiger partial charge in [0, 0.05) is 24.6 Å². The number of para-hydroxylation sites is 1. The standard InChI is InChI=1S/C25H24N4O3S/c1-20-26-16-17-28(20)22-14-12-21(13-15-22)18-27-25(30)19-29(23-8-4-2-5-9-23)33(31,32)24-10-6-3-7-11-24/h2-17H,18-19H2,1H3,(H,27,30). The van der Waals surface area contributed by atoms with Gasteiger partial charge in [0.15, 0.2) is 0 Å². The molecule has 0 spiro atoms. The number of sulfonamides is 1. The summed E-state index contributed by atoms with van der Waals surface area (Å²) in [5.41, 5.74) is 2.31. The zero-order valence-corrected chi connectivity index (χ0v) is 18.9. The van der Waals surface area contributed by atoms with Crippen molar-refractivity contribution in [3.05, 3.63) is 109 Å². The maximum Gasteiger partial charge on any atom is 0.264 e. The van der Waals surface area contributed by atoms with Gasteiger partial charge in [-0.05, 0) is 48.9 Å². The van der Waals surface area contributed by atoms with Gasteiger partial charge in [0.2, 0.25) is 5.91 Å². The lowest BCUT2D eigenvalue weighted by Crippen LogP contribution is -2.40. The van der Waals surface area contributed by atoms with Crippen LogP contribution in [-0.4, -0.2) is 30.4 Å². The van der Waals surface area contributed by atoms with Gasteiger partial charge in [-0.25, -0.2) is 13.4 Å². The average molecular weight is 461 g/mol. The van der Waals surface area contributed by atoms with Gasteiger partial charge in [0.25, 0.3) is 10.0 Å². The summed E-state index contributed by atoms with van der Waals surface area (Å²) in [5.74, 6) is 0.490. The van der Waals surface area contributed by atoms with Crippen LogP contribution in [0.4, 0.5) is 5.69 Å². The Bertz CT molecular complexity index is 1320. The molecule has 0 radical (unpaired) electrons. The molecule has 0 fully saturated rings. The second kappa shape index (κ2) is 9.70. The summed E-state index contributed by atoms with van der Waals surface area (Å²) in [6.45, 7) is 1.89. The molecular formula is C25H24N4O3S. The molecule has 33 heavy (non-hydrogen) atoms. The number of nitrogens with zero attached hydrogens (tertiary/aromatic N) is 3. The fraction of sp³-hybridized carbons (Fsp3) is 0.120. The van der Waals surface area contributed by atoms with Gasteiger partial charge in [-0.15, -0.1) is 0 Å². The molecule has 1 N–H and O–H groups in total. The molecule has 8 heteroatoms. The van der Waals surface area contributed by atoms with Crippen LogP contribution in [0.5, 0.6) is 0 Å². The van der Waals surface area contributed by atoms with Gasteiger partial charge in [0.1, 0.15) is 12.4 Å². The summed E-state index contributed by atoms with van der Waals surface area (Å²) in [7, 11) is -3.90. The highest BCUT2D eigenvalue weighted by Crippen LogP contribution is 2.23. The molecule has 0 atom stereocenters. The van der Waals surface area contributed by atoms with Crippen LogP contribution < -0.4 is 9.62 Å². The molecule has 4 rings (SSSR count). The number of anilines is 1. The zero-order chi connectivity index (χ0) is 23.3. The molecule has 0 aliphatic rings. The Morgan fingerprint density at radius 2 is 1.58 bits per heavy atom. The molecule has 168 valence electrons. The number of hydrogen-bond donors (Lipinski definition) is 1. The highest BCUT2D eigenvalue weighted by Gasteiger charge is 2.26. The summed E-state index contributed by atoms with van der Waals surface area (Å²) in [4.78, 5) is 17.1. The van der Waals surface area contributed by atoms with E-state index in [1.54, 1.807) is 54.7 Å². The topological polar surface area (TPSA) is 84.3 Å². The van der Waals surface area contributed by atoms with E-state index in [1.807, 2.05) is 42.0 Å². The molecule has 0 aliphatic carbocycles. The Labute approximate surface area is 193 Å². The predicted octanol–water partition coefficient (Wildman–Crippen LogP) is 3.69. The van der Waals surface area contributed by atoms with Crippen LogP contribution in [0, 0.1) is 6.92 Å². The van der Waals surface area contributed by atoms with Gasteiger partial charge in [-0.2, -0.15) is 0 Å². The zero-order valence-electron chi connectivity index (χ0n) is 18.1. The van der Waals surface area contributed by atoms with Gasteiger partial charge in [-0.1, -0.05) is 48.5 Å². The molecular weight excluding hydrogens is 436 g/mol. The Morgan fingerprint density at radius 1 is 0.939 bits per heavy atom. The Morgan fingerprint density at radius 3 is 2.18 bits per heavy atom. The average Bonchev–Trinajstić information content (AvgIpc) is 3.28. The number of nitrogens with one attached hydrogen (secondary N) is 1. The number of benzene rings is 3. The van der Waals surface area contributed by atoms with E-state index in [4.69, 9.17) is 0 Å². The molecule has 0 bridgehead atoms. The maximum absolute atomic E-state index is 13.3. The van der Waals surface area contributed by atoms with E-state index in [-0.39, 0.29) is 18.0 Å². The third-order valence-electron chi connectivity index (χ3n) is 5.19. The van der Waals surface area contributed by atoms with Crippen molar-refractivity contribution in [3.63, 3.8) is 0 Å². The van der Waals surface area contributed by atoms with Crippen LogP contribution in [0.1, 0.15) is 11.4 Å². The van der Waals surface area contributed by atoms with Crippen molar-refractivity contribution in [1.29, 1.82) is 0 Å². The quantitative estimate of drug-likeness (QED) is 0.435. The number of amides is 1. The van der Waals surface area contributed by atoms with Crippen LogP contribution in [0.25, 0.3) is 5.69 Å². The van der Waals surface area contributed by atoms with Gasteiger partial charge in [0.05, 0.1) is 10.6 Å². The summed E-state index contributed by atoms with van der Waals surface area (Å²) < 4.78 is 29.6. The molecule has 1 heterocycles. The van der Waals surface area contributed by atoms with Crippen LogP contribution >= 0.6 is 0 Å². The summed E-state index contributed by atoms with van der Waals surface area (Å²) >= 11 is 0. The summed E-state index contributed by atoms with van der Waals surface area (Å²) in [6.07, 6.45) is 3.63. The monoisotopic (exact) mass is 460 g/mol. The molecule has 0 saturated heterocycles. The van der Waals surface area contributed by atoms with E-state index in [0.717, 1.165) is 21.4 Å². The van der Waals surface area contributed by atoms with E-state index >= 15 is 0 Å². The van der Waals surface area contributed by atoms with E-state index in [2.05, 4.69) is 10.3 Å². The number of hydrogen-bond acceptors (Lipinski definition) is 4. The van der Waals surface area contributed by atoms with E-state index < -0.39 is 15.9 Å². The van der Waals surface area contributed by atoms with Crippen molar-refractivity contribution in [2.24, 2.45) is 0 Å². The molecule has 7 nitrogen and oxygen atoms in total. The lowest BCUT2D eigenvalue weighted by Gasteiger charge is -2.24. The maximum atomic E-state index is 13.3. The highest BCUT2D eigenvalue weighted by atomic mass is 32.2. The first-order valence-corrected chi connectivity index (χ1v) is 11.9. The molecule has 0 unspecified atom stereocenters. The SMILES string of the molecule is Cc1nccn1-c1ccc(CNC(=O)CN(c2ccccc2)S(=O)(=O)c2ccccc2)cc1. The minimum Gasteiger partial charge on any atom is -0.350 e. The second-order valence-corrected chi connectivity index (χ2v) is 9.31. The van der Waals surface area contributed by atoms with Gasteiger partial charge < -0.3 is 9.88 Å². The third kappa shape index (κ3) is 5.12. The summed E-state index contributed by atoms with van der Waals surface area (Å²) in [5, 5.41) is 2.82. The van der Waals surface area contributed by atoms with Gasteiger partial charge in [-0.3, -0.25) is 9.10 Å². The fourth-order valence-corrected chi connectivity index (χ4v) is 4.88. The number of imidazole rings is 1. The van der Waals surface area contributed by atoms with E-state index in [9.17, 15) is 13.2 Å². The van der Waals surface area contributed by atoms with Crippen molar-refractivity contribution in [1.82, 2.24) is 14.9 Å². The van der Waals surface area contributed by atoms with E-state index in [0.29, 0.717) is 5.69 Å². The normalized spacial score (nSPS) is 11.2. The van der Waals surface area contributed by atoms with Crippen LogP contribution in [0.3, 0.4) is 0 Å². The molecule has 0 saturated carbocycles. The molecule has 4 aromatic rings. The van der Waals surface area contributed by atoms with Crippen LogP contribution in [-0.2, 0) is 21.4 Å². The number of aryl methyl sites for hydroxylation is 1. The molecule has 3 aromatic carbocycles. The highest BCUT2D eigenvalue weighted by molar-refractivity contribution is 7.92. The fourth-order valence-electron chi connectivity index (χ4n) is 3.44. The smallest absolute Gasteiger partial charge is 0.264 e. The first-order valence-electron chi connectivity index (χ1n) is 10.4. The van der Waals surface area contributed by atoms with Crippen molar-refractivity contribution < 1.29 is 13.2 Å². The minimum absolute atomic E-state index is 0.132. The first kappa shape index (κ1) is 22.3. The third-order valence-corrected chi connectivity index (χ3v) is 6.98. The largest absolute Gasteiger partial charge is 0.350 e.